The molecule has 0 spiro atoms. The van der Waals surface area contributed by atoms with Crippen LogP contribution in [0.3, 0.4) is 0 Å². The molecule has 0 aliphatic heterocycles. The molecule has 1 heteroatoms. The van der Waals surface area contributed by atoms with E-state index in [2.05, 4.69) is 18.9 Å². The number of terminal acetylenes is 1. The molecule has 0 saturated heterocycles. The minimum atomic E-state index is 1.65. The molecule has 0 aromatic heterocycles. The minimum absolute atomic E-state index is 1.65. The van der Waals surface area contributed by atoms with Crippen molar-refractivity contribution in [2.24, 2.45) is 0 Å². The van der Waals surface area contributed by atoms with Gasteiger partial charge in [-0.2, -0.15) is 0 Å². The molecular formula is C4H5N. The van der Waals surface area contributed by atoms with Gasteiger partial charge in [0.1, 0.15) is 0 Å². The fraction of sp³-hybridized carbons (Fsp3) is 0.250. The van der Waals surface area contributed by atoms with Gasteiger partial charge in [0, 0.05) is 6.57 Å². The zero-order valence-electron chi connectivity index (χ0n) is 3.10. The Morgan fingerprint density at radius 2 is 1.60 bits per heavy atom. The van der Waals surface area contributed by atoms with Gasteiger partial charge < -0.3 is 0 Å². The van der Waals surface area contributed by atoms with Gasteiger partial charge in [-0.15, -0.1) is 12.3 Å². The summed E-state index contributed by atoms with van der Waals surface area (Å²) in [4.78, 5) is 0. The van der Waals surface area contributed by atoms with Gasteiger partial charge in [-0.25, -0.2) is 5.26 Å². The zero-order valence-corrected chi connectivity index (χ0v) is 3.10. The highest BCUT2D eigenvalue weighted by atomic mass is 14.2. The third-order valence-corrected chi connectivity index (χ3v) is 0. The smallest absolute Gasteiger partial charge is 0.0462 e. The van der Waals surface area contributed by atoms with Crippen molar-refractivity contribution < 1.29 is 0 Å². The molecule has 26 valence electrons. The third-order valence-electron chi connectivity index (χ3n) is 0. The van der Waals surface area contributed by atoms with Crippen LogP contribution in [0, 0.1) is 24.2 Å². The fourth-order valence-corrected chi connectivity index (χ4v) is 0. The summed E-state index contributed by atoms with van der Waals surface area (Å²) in [5.41, 5.74) is 0. The van der Waals surface area contributed by atoms with Crippen LogP contribution < -0.4 is 0 Å². The summed E-state index contributed by atoms with van der Waals surface area (Å²) in [6.45, 7) is 5.15. The Morgan fingerprint density at radius 1 is 1.60 bits per heavy atom. The summed E-state index contributed by atoms with van der Waals surface area (Å²) in [6, 6.07) is 0. The van der Waals surface area contributed by atoms with Gasteiger partial charge >= 0.3 is 0 Å². The molecule has 0 radical (unpaired) electrons. The maximum Gasteiger partial charge on any atom is 0.0462 e. The average molecular weight is 67.1 g/mol. The molecule has 0 aromatic rings. The Balaban J connectivity index is 0. The van der Waals surface area contributed by atoms with Gasteiger partial charge in [0.15, 0.2) is 0 Å². The van der Waals surface area contributed by atoms with Gasteiger partial charge in [-0.3, -0.25) is 0 Å². The minimum Gasteiger partial charge on any atom is -0.202 e. The predicted molar refractivity (Wildman–Crippen MR) is 21.2 cm³/mol. The first-order chi connectivity index (χ1) is 2.41. The Kier molecular flexibility index (Phi) is 9190. The normalized spacial score (nSPS) is 2.00. The van der Waals surface area contributed by atoms with Gasteiger partial charge in [-0.05, 0) is 6.92 Å². The monoisotopic (exact) mass is 67.0 g/mol. The Bertz CT molecular complexity index is 46.4. The third kappa shape index (κ3) is 3.73. The van der Waals surface area contributed by atoms with Crippen LogP contribution in [0.2, 0.25) is 0 Å². The second-order valence-electron chi connectivity index (χ2n) is 0.289. The second kappa shape index (κ2) is 5130. The highest BCUT2D eigenvalue weighted by Gasteiger charge is 1.09. The molecule has 0 aromatic carbocycles. The van der Waals surface area contributed by atoms with Crippen LogP contribution in [0.1, 0.15) is 6.92 Å². The van der Waals surface area contributed by atoms with Crippen LogP contribution in [0.5, 0.6) is 0 Å². The summed E-state index contributed by atoms with van der Waals surface area (Å²) in [6.07, 6.45) is 4.60. The van der Waals surface area contributed by atoms with Crippen molar-refractivity contribution in [1.29, 1.82) is 5.26 Å². The molecule has 0 unspecified atom stereocenters. The summed E-state index contributed by atoms with van der Waals surface area (Å²) < 4.78 is 0. The maximum absolute atomic E-state index is 6.50. The SMILES string of the molecule is C#CC.C#N. The van der Waals surface area contributed by atoms with Crippen LogP contribution in [-0.2, 0) is 0 Å². The molecule has 0 fully saturated rings. The molecule has 0 aliphatic rings. The molecule has 5 heavy (non-hydrogen) atoms. The van der Waals surface area contributed by atoms with Crippen molar-refractivity contribution >= 4 is 0 Å². The molecule has 0 atom stereocenters. The van der Waals surface area contributed by atoms with Crippen LogP contribution in [0.15, 0.2) is 0 Å². The molecule has 0 heterocycles. The van der Waals surface area contributed by atoms with Crippen molar-refractivity contribution in [3.05, 3.63) is 0 Å². The molecule has 0 N–H and O–H groups in total. The lowest BCUT2D eigenvalue weighted by atomic mass is 10.9. The number of hydrogen-bond donors (Lipinski definition) is 0. The van der Waals surface area contributed by atoms with Crippen LogP contribution in [0.25, 0.3) is 0 Å². The molecule has 0 amide bonds. The van der Waals surface area contributed by atoms with E-state index in [0.29, 0.717) is 0 Å². The van der Waals surface area contributed by atoms with Crippen LogP contribution >= 0.6 is 0 Å². The molecular weight excluding hydrogens is 62.1 g/mol. The maximum atomic E-state index is 6.50. The van der Waals surface area contributed by atoms with Crippen LogP contribution in [0.4, 0.5) is 0 Å². The van der Waals surface area contributed by atoms with Crippen molar-refractivity contribution in [2.45, 2.75) is 6.92 Å². The zero-order chi connectivity index (χ0) is 4.71. The van der Waals surface area contributed by atoms with E-state index < -0.39 is 0 Å². The Hall–Kier alpha value is -0.950. The van der Waals surface area contributed by atoms with E-state index in [9.17, 15) is 0 Å². The largest absolute Gasteiger partial charge is 0.202 e. The average Bonchev–Trinajstić information content (AvgIpc) is 1.46. The topological polar surface area (TPSA) is 23.8 Å². The lowest BCUT2D eigenvalue weighted by Gasteiger charge is -1.23. The number of rotatable bonds is 0. The number of nitrogens with zero attached hydrogens (tertiary/aromatic N) is 1. The van der Waals surface area contributed by atoms with E-state index in [1.807, 2.05) is 0 Å². The van der Waals surface area contributed by atoms with Crippen molar-refractivity contribution in [3.63, 3.8) is 0 Å². The fourth-order valence-electron chi connectivity index (χ4n) is 0. The number of nitriles is 1. The van der Waals surface area contributed by atoms with Crippen molar-refractivity contribution in [2.75, 3.05) is 0 Å². The first-order valence-corrected chi connectivity index (χ1v) is 1.05. The highest BCUT2D eigenvalue weighted by Crippen LogP contribution is 1.21. The van der Waals surface area contributed by atoms with E-state index in [1.165, 1.54) is 0 Å². The number of hydrogen-bond acceptors (Lipinski definition) is 1. The van der Waals surface area contributed by atoms with Gasteiger partial charge in [0.25, 0.3) is 0 Å². The van der Waals surface area contributed by atoms with Crippen molar-refractivity contribution in [3.8, 4) is 18.9 Å². The second-order valence-corrected chi connectivity index (χ2v) is 0.289. The molecule has 0 aliphatic carbocycles. The van der Waals surface area contributed by atoms with Crippen molar-refractivity contribution in [1.82, 2.24) is 0 Å². The predicted octanol–water partition coefficient (Wildman–Crippen LogP) is 0.779. The Labute approximate surface area is 32.2 Å². The van der Waals surface area contributed by atoms with Gasteiger partial charge in [0.05, 0.1) is 0 Å². The highest BCUT2D eigenvalue weighted by molar-refractivity contribution is 4.73. The van der Waals surface area contributed by atoms with E-state index in [0.717, 1.165) is 0 Å². The summed E-state index contributed by atoms with van der Waals surface area (Å²) >= 11 is 0. The lowest BCUT2D eigenvalue weighted by Crippen LogP contribution is -1.10. The summed E-state index contributed by atoms with van der Waals surface area (Å²) in [7, 11) is 0. The van der Waals surface area contributed by atoms with Gasteiger partial charge in [0.2, 0.25) is 0 Å². The first kappa shape index (κ1) is 8.96. The van der Waals surface area contributed by atoms with E-state index in [4.69, 9.17) is 5.26 Å². The Morgan fingerprint density at radius 3 is 1.60 bits per heavy atom. The van der Waals surface area contributed by atoms with Gasteiger partial charge in [-0.1, -0.05) is 0 Å². The first-order valence-electron chi connectivity index (χ1n) is 1.05. The van der Waals surface area contributed by atoms with E-state index in [-0.39, 0.29) is 0 Å². The standard InChI is InChI=1S/C3H4.CHN/c1-3-2;1-2/h1H,2H3;1H. The summed E-state index contributed by atoms with van der Waals surface area (Å²) in [5.74, 6) is 2.25. The molecule has 1 nitrogen and oxygen atoms in total. The molecule has 0 bridgehead atoms. The molecule has 0 rings (SSSR count). The van der Waals surface area contributed by atoms with E-state index in [1.54, 1.807) is 6.92 Å². The summed E-state index contributed by atoms with van der Waals surface area (Å²) in [5, 5.41) is 6.50. The van der Waals surface area contributed by atoms with E-state index >= 15 is 0 Å². The lowest BCUT2D eigenvalue weighted by molar-refractivity contribution is 1.58. The molecule has 0 saturated carbocycles. The quantitative estimate of drug-likeness (QED) is 0.384. The van der Waals surface area contributed by atoms with Crippen LogP contribution in [-0.4, -0.2) is 0 Å².